The van der Waals surface area contributed by atoms with Crippen molar-refractivity contribution >= 4 is 25.2 Å². The molecule has 0 spiro atoms. The molecule has 8 nitrogen and oxygen atoms in total. The maximum absolute atomic E-state index is 6.37. The first kappa shape index (κ1) is 24.4. The first-order valence-electron chi connectivity index (χ1n) is 12.8. The number of nitrogens with two attached hydrogens (primary N) is 1. The highest BCUT2D eigenvalue weighted by molar-refractivity contribution is 7.47. The molecule has 1 aromatic carbocycles. The molecule has 1 saturated heterocycles. The number of rotatable bonds is 12. The largest absolute Gasteiger partial charge is 0.493 e. The molecule has 0 atom stereocenters. The fourth-order valence-electron chi connectivity index (χ4n) is 5.06. The molecular formula is C26H36N5O3P. The second-order valence-corrected chi connectivity index (χ2v) is 11.0. The van der Waals surface area contributed by atoms with E-state index in [1.54, 1.807) is 6.33 Å². The topological polar surface area (TPSA) is 87.7 Å². The lowest BCUT2D eigenvalue weighted by atomic mass is 9.79. The van der Waals surface area contributed by atoms with Crippen LogP contribution < -0.4 is 10.5 Å². The number of nitrogens with zero attached hydrogens (tertiary/aromatic N) is 4. The first-order valence-corrected chi connectivity index (χ1v) is 14.1. The smallest absolute Gasteiger partial charge is 0.173 e. The Balaban J connectivity index is 1.32. The van der Waals surface area contributed by atoms with Gasteiger partial charge in [0.15, 0.2) is 8.38 Å². The van der Waals surface area contributed by atoms with Crippen LogP contribution >= 0.6 is 8.38 Å². The van der Waals surface area contributed by atoms with Gasteiger partial charge < -0.3 is 29.0 Å². The van der Waals surface area contributed by atoms with E-state index in [1.165, 1.54) is 38.9 Å². The minimum Gasteiger partial charge on any atom is -0.493 e. The van der Waals surface area contributed by atoms with Crippen LogP contribution in [0.4, 0.5) is 5.82 Å². The fourth-order valence-corrected chi connectivity index (χ4v) is 6.21. The van der Waals surface area contributed by atoms with Gasteiger partial charge in [-0.3, -0.25) is 0 Å². The van der Waals surface area contributed by atoms with Crippen molar-refractivity contribution < 1.29 is 13.8 Å². The summed E-state index contributed by atoms with van der Waals surface area (Å²) in [4.78, 5) is 11.5. The summed E-state index contributed by atoms with van der Waals surface area (Å²) in [5.41, 5.74) is 9.40. The minimum absolute atomic E-state index is 0.461. The Hall–Kier alpha value is -2.25. The van der Waals surface area contributed by atoms with Crippen LogP contribution in [0.25, 0.3) is 22.2 Å². The molecule has 0 bridgehead atoms. The molecule has 1 aliphatic heterocycles. The molecule has 2 N–H and O–H groups in total. The second-order valence-electron chi connectivity index (χ2n) is 9.32. The van der Waals surface area contributed by atoms with Gasteiger partial charge >= 0.3 is 0 Å². The number of fused-ring (bicyclic) bond motifs is 1. The Morgan fingerprint density at radius 1 is 1.11 bits per heavy atom. The van der Waals surface area contributed by atoms with E-state index < -0.39 is 8.38 Å². The summed E-state index contributed by atoms with van der Waals surface area (Å²) in [6.07, 6.45) is 8.25. The van der Waals surface area contributed by atoms with Crippen LogP contribution in [0.2, 0.25) is 0 Å². The Morgan fingerprint density at radius 3 is 2.63 bits per heavy atom. The lowest BCUT2D eigenvalue weighted by molar-refractivity contribution is 0.0921. The van der Waals surface area contributed by atoms with E-state index >= 15 is 0 Å². The van der Waals surface area contributed by atoms with Crippen molar-refractivity contribution in [3.63, 3.8) is 0 Å². The van der Waals surface area contributed by atoms with Crippen LogP contribution in [0.15, 0.2) is 36.8 Å². The Bertz CT molecular complexity index is 1120. The van der Waals surface area contributed by atoms with Crippen LogP contribution in [0.5, 0.6) is 5.75 Å². The van der Waals surface area contributed by atoms with Gasteiger partial charge in [0, 0.05) is 24.3 Å². The van der Waals surface area contributed by atoms with Gasteiger partial charge in [-0.1, -0.05) is 12.1 Å². The molecule has 188 valence electrons. The molecule has 9 heteroatoms. The summed E-state index contributed by atoms with van der Waals surface area (Å²) in [5.74, 6) is 2.11. The maximum Gasteiger partial charge on any atom is 0.173 e. The molecule has 2 aromatic heterocycles. The SMILES string of the molecule is CCOP(CCOc1cccc(-c2cn([C@H]3C[C@@H](CN4CCC4)C3)c3ncnc(N)c23)c1)OCC. The number of aromatic nitrogens is 3. The van der Waals surface area contributed by atoms with E-state index in [0.29, 0.717) is 31.7 Å². The number of benzene rings is 1. The summed E-state index contributed by atoms with van der Waals surface area (Å²) in [5, 5.41) is 0.923. The highest BCUT2D eigenvalue weighted by atomic mass is 31.2. The van der Waals surface area contributed by atoms with Crippen LogP contribution in [-0.4, -0.2) is 65.1 Å². The van der Waals surface area contributed by atoms with Gasteiger partial charge in [-0.05, 0) is 69.8 Å². The zero-order valence-electron chi connectivity index (χ0n) is 20.7. The van der Waals surface area contributed by atoms with Crippen molar-refractivity contribution in [1.29, 1.82) is 0 Å². The normalized spacial score (nSPS) is 20.2. The quantitative estimate of drug-likeness (QED) is 0.348. The van der Waals surface area contributed by atoms with Crippen molar-refractivity contribution in [1.82, 2.24) is 19.4 Å². The Morgan fingerprint density at radius 2 is 1.91 bits per heavy atom. The van der Waals surface area contributed by atoms with Crippen LogP contribution in [0, 0.1) is 5.92 Å². The minimum atomic E-state index is -0.908. The first-order chi connectivity index (χ1) is 17.2. The van der Waals surface area contributed by atoms with Crippen LogP contribution in [0.3, 0.4) is 0 Å². The van der Waals surface area contributed by atoms with Crippen molar-refractivity contribution in [3.8, 4) is 16.9 Å². The van der Waals surface area contributed by atoms with Gasteiger partial charge in [-0.15, -0.1) is 0 Å². The van der Waals surface area contributed by atoms with Gasteiger partial charge in [0.1, 0.15) is 23.5 Å². The highest BCUT2D eigenvalue weighted by Gasteiger charge is 2.34. The molecule has 3 heterocycles. The standard InChI is InChI=1S/C26H36N5O3P/c1-3-33-35(34-4-2)12-11-32-22-8-5-7-20(15-22)23-17-31(26-24(23)25(27)28-18-29-26)21-13-19(14-21)16-30-9-6-10-30/h5,7-8,15,17-19,21H,3-4,6,9-14,16H2,1-2H3,(H2,27,28,29)/t19-,21+. The number of likely N-dealkylation sites (tertiary alicyclic amines) is 1. The van der Waals surface area contributed by atoms with Crippen molar-refractivity contribution in [2.45, 2.75) is 39.2 Å². The molecule has 1 saturated carbocycles. The van der Waals surface area contributed by atoms with E-state index in [0.717, 1.165) is 40.0 Å². The van der Waals surface area contributed by atoms with Gasteiger partial charge in [-0.25, -0.2) is 9.97 Å². The average molecular weight is 498 g/mol. The molecule has 0 unspecified atom stereocenters. The highest BCUT2D eigenvalue weighted by Crippen LogP contribution is 2.44. The Kier molecular flexibility index (Phi) is 7.83. The third kappa shape index (κ3) is 5.46. The van der Waals surface area contributed by atoms with Crippen LogP contribution in [-0.2, 0) is 9.05 Å². The zero-order valence-corrected chi connectivity index (χ0v) is 21.6. The maximum atomic E-state index is 6.37. The fraction of sp³-hybridized carbons (Fsp3) is 0.538. The molecule has 2 fully saturated rings. The van der Waals surface area contributed by atoms with E-state index in [9.17, 15) is 0 Å². The summed E-state index contributed by atoms with van der Waals surface area (Å²) in [7, 11) is -0.908. The summed E-state index contributed by atoms with van der Waals surface area (Å²) < 4.78 is 19.8. The molecular weight excluding hydrogens is 461 g/mol. The van der Waals surface area contributed by atoms with Gasteiger partial charge in [0.2, 0.25) is 0 Å². The summed E-state index contributed by atoms with van der Waals surface area (Å²) in [6.45, 7) is 9.57. The lowest BCUT2D eigenvalue weighted by Gasteiger charge is -2.42. The summed E-state index contributed by atoms with van der Waals surface area (Å²) in [6, 6.07) is 8.64. The predicted octanol–water partition coefficient (Wildman–Crippen LogP) is 5.10. The van der Waals surface area contributed by atoms with Gasteiger partial charge in [-0.2, -0.15) is 0 Å². The van der Waals surface area contributed by atoms with E-state index in [1.807, 2.05) is 26.0 Å². The third-order valence-corrected chi connectivity index (χ3v) is 8.58. The molecule has 3 aromatic rings. The van der Waals surface area contributed by atoms with Gasteiger partial charge in [0.05, 0.1) is 31.4 Å². The average Bonchev–Trinajstić information content (AvgIpc) is 3.18. The Labute approximate surface area is 208 Å². The summed E-state index contributed by atoms with van der Waals surface area (Å²) >= 11 is 0. The zero-order chi connectivity index (χ0) is 24.2. The number of nitrogen functional groups attached to an aromatic ring is 1. The lowest BCUT2D eigenvalue weighted by Crippen LogP contribution is -2.43. The molecule has 0 radical (unpaired) electrons. The van der Waals surface area contributed by atoms with E-state index in [-0.39, 0.29) is 0 Å². The molecule has 1 aliphatic carbocycles. The number of ether oxygens (including phenoxy) is 1. The van der Waals surface area contributed by atoms with Crippen molar-refractivity contribution in [2.75, 3.05) is 51.4 Å². The van der Waals surface area contributed by atoms with Gasteiger partial charge in [0.25, 0.3) is 0 Å². The van der Waals surface area contributed by atoms with E-state index in [4.69, 9.17) is 19.5 Å². The van der Waals surface area contributed by atoms with Crippen LogP contribution in [0.1, 0.15) is 39.2 Å². The number of hydrogen-bond donors (Lipinski definition) is 1. The molecule has 35 heavy (non-hydrogen) atoms. The predicted molar refractivity (Wildman–Crippen MR) is 141 cm³/mol. The number of anilines is 1. The van der Waals surface area contributed by atoms with Crippen molar-refractivity contribution in [2.24, 2.45) is 5.92 Å². The number of hydrogen-bond acceptors (Lipinski definition) is 7. The van der Waals surface area contributed by atoms with Crippen molar-refractivity contribution in [3.05, 3.63) is 36.8 Å². The monoisotopic (exact) mass is 497 g/mol. The molecule has 5 rings (SSSR count). The third-order valence-electron chi connectivity index (χ3n) is 6.94. The molecule has 2 aliphatic rings. The molecule has 0 amide bonds. The van der Waals surface area contributed by atoms with E-state index in [2.05, 4.69) is 37.8 Å². The second kappa shape index (κ2) is 11.2.